The Kier molecular flexibility index (Phi) is 11.6. The van der Waals surface area contributed by atoms with Gasteiger partial charge in [-0.05, 0) is 51.6 Å². The molecule has 0 radical (unpaired) electrons. The van der Waals surface area contributed by atoms with Crippen LogP contribution in [0.1, 0.15) is 11.1 Å². The molecule has 1 fully saturated rings. The van der Waals surface area contributed by atoms with Crippen LogP contribution in [0.25, 0.3) is 11.1 Å². The minimum atomic E-state index is -3.29. The summed E-state index contributed by atoms with van der Waals surface area (Å²) >= 11 is 0. The molecular formula is C29H34FN6O8P2+. The average Bonchev–Trinajstić information content (AvgIpc) is 3.41. The first kappa shape index (κ1) is 34.7. The van der Waals surface area contributed by atoms with Gasteiger partial charge in [-0.15, -0.1) is 0 Å². The Morgan fingerprint density at radius 2 is 1.80 bits per heavy atom. The van der Waals surface area contributed by atoms with Gasteiger partial charge in [0.2, 0.25) is 0 Å². The number of carbonyl (C=O) groups excluding carboxylic acids is 2. The Morgan fingerprint density at radius 3 is 2.41 bits per heavy atom. The number of cyclic esters (lactones) is 1. The first-order valence-corrected chi connectivity index (χ1v) is 16.3. The SMILES string of the molecule is N/C=C(\N)CNCc1ccc(-c2ccc(N3C[C@H](CNC(=O)Nc4ccc(CC(O)(P(O)O)[P+](=O)O)cc4)OC3=O)cc2F)cc1. The summed E-state index contributed by atoms with van der Waals surface area (Å²) in [4.78, 5) is 54.2. The number of rotatable bonds is 13. The van der Waals surface area contributed by atoms with Crippen LogP contribution in [0.2, 0.25) is 0 Å². The number of carbonyl (C=O) groups is 2. The summed E-state index contributed by atoms with van der Waals surface area (Å²) in [6.07, 6.45) is -0.546. The second-order valence-electron chi connectivity index (χ2n) is 10.4. The van der Waals surface area contributed by atoms with Crippen LogP contribution in [-0.2, 0) is 22.3 Å². The summed E-state index contributed by atoms with van der Waals surface area (Å²) in [5, 5.41) is 15.8. The summed E-state index contributed by atoms with van der Waals surface area (Å²) in [6.45, 7) is 1.04. The predicted molar refractivity (Wildman–Crippen MR) is 171 cm³/mol. The number of nitrogens with one attached hydrogen (secondary N) is 3. The van der Waals surface area contributed by atoms with E-state index in [1.54, 1.807) is 24.3 Å². The van der Waals surface area contributed by atoms with Gasteiger partial charge in [0.15, 0.2) is 0 Å². The zero-order chi connectivity index (χ0) is 33.4. The fourth-order valence-corrected chi connectivity index (χ4v) is 5.79. The fourth-order valence-electron chi connectivity index (χ4n) is 4.53. The molecule has 17 heteroatoms. The standard InChI is InChI=1S/C29H33FN6O8P2/c30-26-11-23(9-10-25(26)20-5-1-19(2-6-20)14-33-15-21(32)13-31)36-17-24(44-28(36)38)16-34-27(37)35-22-7-3-18(4-8-22)12-29(39,45(40)41)46(42)43/h1-11,13,24,33,39-41H,12,14-17,31-32H2,(H2-,34,35,37,42,43)/p+1/b21-13-/t24-,29?/m0/s1. The molecule has 11 N–H and O–H groups in total. The van der Waals surface area contributed by atoms with Gasteiger partial charge in [-0.3, -0.25) is 4.90 Å². The smallest absolute Gasteiger partial charge is 0.442 e. The molecule has 0 aliphatic carbocycles. The highest BCUT2D eigenvalue weighted by Crippen LogP contribution is 2.55. The van der Waals surface area contributed by atoms with E-state index in [4.69, 9.17) is 16.2 Å². The number of hydrogen-bond donors (Lipinski definition) is 9. The number of ether oxygens (including phenoxy) is 1. The number of urea groups is 1. The van der Waals surface area contributed by atoms with Crippen molar-refractivity contribution in [1.29, 1.82) is 0 Å². The third kappa shape index (κ3) is 8.74. The van der Waals surface area contributed by atoms with Gasteiger partial charge >= 0.3 is 25.2 Å². The number of halogens is 1. The van der Waals surface area contributed by atoms with E-state index in [9.17, 15) is 33.9 Å². The Bertz CT molecular complexity index is 1600. The zero-order valence-corrected chi connectivity index (χ0v) is 26.1. The second kappa shape index (κ2) is 15.4. The van der Waals surface area contributed by atoms with Crippen molar-refractivity contribution < 1.29 is 43.1 Å². The summed E-state index contributed by atoms with van der Waals surface area (Å²) in [6, 6.07) is 17.0. The summed E-state index contributed by atoms with van der Waals surface area (Å²) < 4.78 is 31.9. The van der Waals surface area contributed by atoms with E-state index in [2.05, 4.69) is 16.0 Å². The van der Waals surface area contributed by atoms with E-state index in [1.165, 1.54) is 41.4 Å². The summed E-state index contributed by atoms with van der Waals surface area (Å²) in [5.41, 5.74) is 14.5. The van der Waals surface area contributed by atoms with Crippen LogP contribution in [0.15, 0.2) is 78.6 Å². The van der Waals surface area contributed by atoms with E-state index in [0.717, 1.165) is 5.56 Å². The van der Waals surface area contributed by atoms with Gasteiger partial charge in [0, 0.05) is 36.2 Å². The van der Waals surface area contributed by atoms with Gasteiger partial charge in [0.25, 0.3) is 8.38 Å². The Morgan fingerprint density at radius 1 is 1.13 bits per heavy atom. The normalized spacial score (nSPS) is 16.6. The van der Waals surface area contributed by atoms with Crippen LogP contribution in [0.3, 0.4) is 0 Å². The fraction of sp³-hybridized carbons (Fsp3) is 0.241. The molecule has 2 unspecified atom stereocenters. The van der Waals surface area contributed by atoms with E-state index < -0.39 is 52.0 Å². The lowest BCUT2D eigenvalue weighted by Crippen LogP contribution is -2.37. The summed E-state index contributed by atoms with van der Waals surface area (Å²) in [7, 11) is -6.39. The molecule has 4 rings (SSSR count). The number of aliphatic hydroxyl groups is 1. The topological polar surface area (TPSA) is 233 Å². The first-order valence-electron chi connectivity index (χ1n) is 13.8. The predicted octanol–water partition coefficient (Wildman–Crippen LogP) is 2.71. The second-order valence-corrected chi connectivity index (χ2v) is 13.3. The van der Waals surface area contributed by atoms with Gasteiger partial charge in [-0.1, -0.05) is 36.4 Å². The van der Waals surface area contributed by atoms with Crippen LogP contribution < -0.4 is 32.3 Å². The van der Waals surface area contributed by atoms with Crippen LogP contribution in [0.5, 0.6) is 0 Å². The number of amides is 3. The van der Waals surface area contributed by atoms with Gasteiger partial charge in [-0.25, -0.2) is 14.0 Å². The number of benzene rings is 3. The molecular weight excluding hydrogens is 641 g/mol. The Hall–Kier alpha value is -4.20. The van der Waals surface area contributed by atoms with E-state index >= 15 is 4.39 Å². The lowest BCUT2D eigenvalue weighted by Gasteiger charge is -2.16. The van der Waals surface area contributed by atoms with Crippen molar-refractivity contribution in [1.82, 2.24) is 10.6 Å². The van der Waals surface area contributed by atoms with Crippen molar-refractivity contribution in [2.45, 2.75) is 24.2 Å². The van der Waals surface area contributed by atoms with Crippen molar-refractivity contribution in [2.24, 2.45) is 11.5 Å². The molecule has 3 aromatic carbocycles. The highest BCUT2D eigenvalue weighted by Gasteiger charge is 2.55. The minimum Gasteiger partial charge on any atom is -0.442 e. The number of nitrogens with zero attached hydrogens (tertiary/aromatic N) is 1. The zero-order valence-electron chi connectivity index (χ0n) is 24.3. The number of nitrogens with two attached hydrogens (primary N) is 2. The van der Waals surface area contributed by atoms with Crippen LogP contribution in [0.4, 0.5) is 25.4 Å². The average molecular weight is 676 g/mol. The molecule has 0 spiro atoms. The molecule has 3 aromatic rings. The molecule has 46 heavy (non-hydrogen) atoms. The Balaban J connectivity index is 1.28. The molecule has 0 aromatic heterocycles. The molecule has 3 amide bonds. The maximum Gasteiger partial charge on any atom is 0.551 e. The molecule has 14 nitrogen and oxygen atoms in total. The highest BCUT2D eigenvalue weighted by atomic mass is 31.2. The lowest BCUT2D eigenvalue weighted by molar-refractivity contribution is 0.141. The van der Waals surface area contributed by atoms with Crippen molar-refractivity contribution in [3.8, 4) is 11.1 Å². The van der Waals surface area contributed by atoms with Crippen LogP contribution >= 0.6 is 16.4 Å². The highest BCUT2D eigenvalue weighted by molar-refractivity contribution is 7.62. The third-order valence-electron chi connectivity index (χ3n) is 7.05. The van der Waals surface area contributed by atoms with Crippen molar-refractivity contribution >= 4 is 39.9 Å². The quantitative estimate of drug-likeness (QED) is 0.120. The monoisotopic (exact) mass is 675 g/mol. The first-order chi connectivity index (χ1) is 21.9. The maximum atomic E-state index is 15.1. The molecule has 0 saturated carbocycles. The lowest BCUT2D eigenvalue weighted by atomic mass is 10.0. The molecule has 244 valence electrons. The maximum absolute atomic E-state index is 15.1. The molecule has 0 bridgehead atoms. The van der Waals surface area contributed by atoms with Crippen molar-refractivity contribution in [3.05, 3.63) is 95.6 Å². The van der Waals surface area contributed by atoms with E-state index in [1.807, 2.05) is 12.1 Å². The minimum absolute atomic E-state index is 0.0316. The molecule has 1 saturated heterocycles. The number of hydrogen-bond acceptors (Lipinski definition) is 10. The third-order valence-corrected chi connectivity index (χ3v) is 9.67. The van der Waals surface area contributed by atoms with E-state index in [-0.39, 0.29) is 13.1 Å². The van der Waals surface area contributed by atoms with Gasteiger partial charge < -0.3 is 47.0 Å². The van der Waals surface area contributed by atoms with Crippen LogP contribution in [0, 0.1) is 5.82 Å². The van der Waals surface area contributed by atoms with Crippen molar-refractivity contribution in [2.75, 3.05) is 29.9 Å². The largest absolute Gasteiger partial charge is 0.551 e. The number of anilines is 2. The molecule has 1 aliphatic rings. The van der Waals surface area contributed by atoms with E-state index in [0.29, 0.717) is 46.9 Å². The van der Waals surface area contributed by atoms with Crippen LogP contribution in [-0.4, -0.2) is 62.7 Å². The van der Waals surface area contributed by atoms with Gasteiger partial charge in [0.05, 0.1) is 25.2 Å². The molecule has 3 atom stereocenters. The Labute approximate surface area is 265 Å². The molecule has 1 heterocycles. The molecule has 1 aliphatic heterocycles. The van der Waals surface area contributed by atoms with Crippen molar-refractivity contribution in [3.63, 3.8) is 0 Å². The van der Waals surface area contributed by atoms with Gasteiger partial charge in [0.1, 0.15) is 11.9 Å². The van der Waals surface area contributed by atoms with Gasteiger partial charge in [-0.2, -0.15) is 4.89 Å². The summed E-state index contributed by atoms with van der Waals surface area (Å²) in [5.74, 6) is -0.521.